The molecule has 0 aliphatic heterocycles. The topological polar surface area (TPSA) is 9.23 Å². The number of benzene rings is 1. The zero-order chi connectivity index (χ0) is 14.3. The van der Waals surface area contributed by atoms with Gasteiger partial charge >= 0.3 is 0 Å². The van der Waals surface area contributed by atoms with E-state index in [1.165, 1.54) is 11.1 Å². The predicted molar refractivity (Wildman–Crippen MR) is 84.5 cm³/mol. The number of rotatable bonds is 6. The number of unbranched alkanes of at least 4 members (excludes halogenated alkanes) is 1. The summed E-state index contributed by atoms with van der Waals surface area (Å²) in [5.74, 6) is 0. The molecule has 0 aromatic heterocycles. The number of hydrogen-bond donors (Lipinski definition) is 0. The van der Waals surface area contributed by atoms with Gasteiger partial charge in [0.1, 0.15) is 0 Å². The van der Waals surface area contributed by atoms with Crippen LogP contribution in [-0.4, -0.2) is 12.7 Å². The van der Waals surface area contributed by atoms with Gasteiger partial charge in [-0.25, -0.2) is 0 Å². The first-order valence-electron chi connectivity index (χ1n) is 7.28. The number of allylic oxidation sites excluding steroid dienone is 1. The van der Waals surface area contributed by atoms with Crippen LogP contribution >= 0.6 is 0 Å². The highest BCUT2D eigenvalue weighted by atomic mass is 16.5. The van der Waals surface area contributed by atoms with Crippen molar-refractivity contribution in [3.05, 3.63) is 41.5 Å². The monoisotopic (exact) mass is 260 g/mol. The van der Waals surface area contributed by atoms with E-state index in [2.05, 4.69) is 71.0 Å². The summed E-state index contributed by atoms with van der Waals surface area (Å²) in [5.41, 5.74) is 2.89. The molecule has 0 radical (unpaired) electrons. The molecule has 0 atom stereocenters. The van der Waals surface area contributed by atoms with Crippen molar-refractivity contribution in [3.8, 4) is 0 Å². The van der Waals surface area contributed by atoms with Crippen molar-refractivity contribution in [1.29, 1.82) is 0 Å². The summed E-state index contributed by atoms with van der Waals surface area (Å²) in [6.45, 7) is 11.8. The van der Waals surface area contributed by atoms with Crippen LogP contribution in [0.3, 0.4) is 0 Å². The molecule has 0 heterocycles. The average Bonchev–Trinajstić information content (AvgIpc) is 2.32. The van der Waals surface area contributed by atoms with Gasteiger partial charge in [-0.15, -0.1) is 0 Å². The maximum Gasteiger partial charge on any atom is 0.0518 e. The van der Waals surface area contributed by atoms with Crippen molar-refractivity contribution < 1.29 is 4.74 Å². The van der Waals surface area contributed by atoms with E-state index in [4.69, 9.17) is 4.74 Å². The quantitative estimate of drug-likeness (QED) is 0.639. The van der Waals surface area contributed by atoms with Crippen LogP contribution in [0.5, 0.6) is 0 Å². The molecular formula is C18H28O. The van der Waals surface area contributed by atoms with Gasteiger partial charge in [0.15, 0.2) is 0 Å². The molecule has 0 fully saturated rings. The first kappa shape index (κ1) is 16.0. The van der Waals surface area contributed by atoms with Gasteiger partial charge in [0.2, 0.25) is 0 Å². The van der Waals surface area contributed by atoms with Crippen LogP contribution in [0.2, 0.25) is 0 Å². The van der Waals surface area contributed by atoms with Gasteiger partial charge < -0.3 is 4.74 Å². The van der Waals surface area contributed by atoms with Gasteiger partial charge in [-0.2, -0.15) is 0 Å². The van der Waals surface area contributed by atoms with Gasteiger partial charge in [-0.05, 0) is 43.2 Å². The zero-order valence-corrected chi connectivity index (χ0v) is 13.1. The Morgan fingerprint density at radius 1 is 1.21 bits per heavy atom. The lowest BCUT2D eigenvalue weighted by molar-refractivity contribution is 0.0775. The second kappa shape index (κ2) is 7.49. The minimum absolute atomic E-state index is 0.217. The van der Waals surface area contributed by atoms with E-state index in [0.717, 1.165) is 19.4 Å². The smallest absolute Gasteiger partial charge is 0.0518 e. The molecule has 106 valence electrons. The number of ether oxygens (including phenoxy) is 1. The molecule has 0 saturated carbocycles. The van der Waals surface area contributed by atoms with Crippen LogP contribution in [0.15, 0.2) is 30.3 Å². The summed E-state index contributed by atoms with van der Waals surface area (Å²) in [4.78, 5) is 0. The van der Waals surface area contributed by atoms with Crippen LogP contribution in [0.25, 0.3) is 6.08 Å². The molecule has 1 heteroatoms. The van der Waals surface area contributed by atoms with Crippen LogP contribution in [0.1, 0.15) is 58.6 Å². The van der Waals surface area contributed by atoms with Crippen molar-refractivity contribution in [2.24, 2.45) is 0 Å². The number of hydrogen-bond acceptors (Lipinski definition) is 1. The molecule has 0 unspecified atom stereocenters. The Bertz CT molecular complexity index is 396. The Hall–Kier alpha value is -1.08. The highest BCUT2D eigenvalue weighted by Gasteiger charge is 2.12. The standard InChI is InChI=1S/C18H28O/c1-15(2)19-13-8-6-7-10-16-11-9-12-17(14-16)18(3,4)5/h7,9-12,14-15H,6,8,13H2,1-5H3/b10-7+. The van der Waals surface area contributed by atoms with E-state index in [0.29, 0.717) is 6.10 Å². The highest BCUT2D eigenvalue weighted by Crippen LogP contribution is 2.23. The minimum atomic E-state index is 0.217. The van der Waals surface area contributed by atoms with Gasteiger partial charge in [0.25, 0.3) is 0 Å². The lowest BCUT2D eigenvalue weighted by Gasteiger charge is -2.19. The summed E-state index contributed by atoms with van der Waals surface area (Å²) in [5, 5.41) is 0. The van der Waals surface area contributed by atoms with Crippen LogP contribution in [0.4, 0.5) is 0 Å². The van der Waals surface area contributed by atoms with E-state index in [1.807, 2.05) is 0 Å². The lowest BCUT2D eigenvalue weighted by Crippen LogP contribution is -2.10. The van der Waals surface area contributed by atoms with Crippen LogP contribution < -0.4 is 0 Å². The Kier molecular flexibility index (Phi) is 6.30. The van der Waals surface area contributed by atoms with E-state index in [9.17, 15) is 0 Å². The second-order valence-corrected chi connectivity index (χ2v) is 6.34. The third-order valence-corrected chi connectivity index (χ3v) is 3.03. The molecular weight excluding hydrogens is 232 g/mol. The lowest BCUT2D eigenvalue weighted by atomic mass is 9.86. The Labute approximate surface area is 118 Å². The maximum absolute atomic E-state index is 5.52. The van der Waals surface area contributed by atoms with E-state index < -0.39 is 0 Å². The fourth-order valence-electron chi connectivity index (χ4n) is 1.85. The molecule has 0 spiro atoms. The molecule has 1 nitrogen and oxygen atoms in total. The highest BCUT2D eigenvalue weighted by molar-refractivity contribution is 5.51. The molecule has 0 N–H and O–H groups in total. The van der Waals surface area contributed by atoms with Gasteiger partial charge in [0, 0.05) is 6.61 Å². The third-order valence-electron chi connectivity index (χ3n) is 3.03. The average molecular weight is 260 g/mol. The Morgan fingerprint density at radius 3 is 2.58 bits per heavy atom. The largest absolute Gasteiger partial charge is 0.379 e. The molecule has 0 aliphatic carbocycles. The Morgan fingerprint density at radius 2 is 1.95 bits per heavy atom. The van der Waals surface area contributed by atoms with Crippen molar-refractivity contribution in [1.82, 2.24) is 0 Å². The second-order valence-electron chi connectivity index (χ2n) is 6.34. The predicted octanol–water partition coefficient (Wildman–Crippen LogP) is 5.20. The maximum atomic E-state index is 5.52. The normalized spacial score (nSPS) is 12.5. The Balaban J connectivity index is 2.44. The molecule has 1 rings (SSSR count). The summed E-state index contributed by atoms with van der Waals surface area (Å²) >= 11 is 0. The summed E-state index contributed by atoms with van der Waals surface area (Å²) in [6.07, 6.45) is 6.96. The van der Waals surface area contributed by atoms with Gasteiger partial charge in [-0.3, -0.25) is 0 Å². The van der Waals surface area contributed by atoms with E-state index >= 15 is 0 Å². The molecule has 0 bridgehead atoms. The summed E-state index contributed by atoms with van der Waals surface area (Å²) in [7, 11) is 0. The fourth-order valence-corrected chi connectivity index (χ4v) is 1.85. The molecule has 0 aliphatic rings. The van der Waals surface area contributed by atoms with Crippen molar-refractivity contribution in [2.75, 3.05) is 6.61 Å². The van der Waals surface area contributed by atoms with E-state index in [1.54, 1.807) is 0 Å². The van der Waals surface area contributed by atoms with Crippen molar-refractivity contribution >= 4 is 6.08 Å². The fraction of sp³-hybridized carbons (Fsp3) is 0.556. The third kappa shape index (κ3) is 6.58. The van der Waals surface area contributed by atoms with Crippen molar-refractivity contribution in [3.63, 3.8) is 0 Å². The van der Waals surface area contributed by atoms with E-state index in [-0.39, 0.29) is 5.41 Å². The molecule has 0 amide bonds. The van der Waals surface area contributed by atoms with Gasteiger partial charge in [0.05, 0.1) is 6.10 Å². The molecule has 0 saturated heterocycles. The summed E-state index contributed by atoms with van der Waals surface area (Å²) < 4.78 is 5.52. The SMILES string of the molecule is CC(C)OCCC/C=C/c1cccc(C(C)(C)C)c1. The summed E-state index contributed by atoms with van der Waals surface area (Å²) in [6, 6.07) is 8.79. The first-order chi connectivity index (χ1) is 8.89. The minimum Gasteiger partial charge on any atom is -0.379 e. The van der Waals surface area contributed by atoms with Crippen LogP contribution in [0, 0.1) is 0 Å². The first-order valence-corrected chi connectivity index (χ1v) is 7.28. The van der Waals surface area contributed by atoms with Crippen molar-refractivity contribution in [2.45, 2.75) is 59.0 Å². The zero-order valence-electron chi connectivity index (χ0n) is 13.1. The molecule has 1 aromatic carbocycles. The molecule has 19 heavy (non-hydrogen) atoms. The molecule has 1 aromatic rings. The van der Waals surface area contributed by atoms with Crippen LogP contribution in [-0.2, 0) is 10.2 Å². The van der Waals surface area contributed by atoms with Gasteiger partial charge in [-0.1, -0.05) is 57.2 Å².